The van der Waals surface area contributed by atoms with Gasteiger partial charge in [-0.05, 0) is 35.9 Å². The molecule has 0 spiro atoms. The number of aliphatic hydroxyl groups excluding tert-OH is 2. The second-order valence-electron chi connectivity index (χ2n) is 8.68. The molecular formula is C28H24ClN3O6S. The molecule has 0 amide bonds. The summed E-state index contributed by atoms with van der Waals surface area (Å²) in [6.45, 7) is 0.862. The van der Waals surface area contributed by atoms with E-state index in [0.717, 1.165) is 16.5 Å². The van der Waals surface area contributed by atoms with E-state index >= 15 is 0 Å². The van der Waals surface area contributed by atoms with Gasteiger partial charge >= 0.3 is 5.63 Å². The highest BCUT2D eigenvalue weighted by Gasteiger charge is 2.20. The third-order valence-electron chi connectivity index (χ3n) is 6.07. The molecule has 0 aliphatic rings. The van der Waals surface area contributed by atoms with Crippen molar-refractivity contribution in [1.29, 1.82) is 0 Å². The van der Waals surface area contributed by atoms with Crippen molar-refractivity contribution in [3.05, 3.63) is 97.6 Å². The van der Waals surface area contributed by atoms with Crippen LogP contribution in [-0.2, 0) is 6.54 Å². The lowest BCUT2D eigenvalue weighted by Gasteiger charge is -2.20. The average molecular weight is 566 g/mol. The highest BCUT2D eigenvalue weighted by atomic mass is 35.5. The number of aliphatic hydroxyl groups is 2. The van der Waals surface area contributed by atoms with Gasteiger partial charge in [-0.2, -0.15) is 0 Å². The summed E-state index contributed by atoms with van der Waals surface area (Å²) < 4.78 is 11.5. The molecule has 11 heteroatoms. The Hall–Kier alpha value is -3.80. The third kappa shape index (κ3) is 6.11. The predicted molar refractivity (Wildman–Crippen MR) is 150 cm³/mol. The SMILES string of the molecule is O=C(/C(=C/c1c[nH]c2cc(Cl)ccc12)Oc1ccc2c(CN(CCO)CCO)cc(=O)oc2c1)c1nccs1. The second kappa shape index (κ2) is 11.9. The summed E-state index contributed by atoms with van der Waals surface area (Å²) in [6, 6.07) is 11.8. The number of allylic oxidation sites excluding steroid dienone is 1. The Balaban J connectivity index is 1.52. The van der Waals surface area contributed by atoms with Gasteiger partial charge in [0.15, 0.2) is 10.8 Å². The fraction of sp³-hybridized carbons (Fsp3) is 0.179. The van der Waals surface area contributed by atoms with Crippen LogP contribution in [0, 0.1) is 0 Å². The van der Waals surface area contributed by atoms with Gasteiger partial charge in [0, 0.05) is 76.4 Å². The summed E-state index contributed by atoms with van der Waals surface area (Å²) in [4.78, 5) is 34.8. The van der Waals surface area contributed by atoms with Gasteiger partial charge in [-0.25, -0.2) is 9.78 Å². The first-order valence-electron chi connectivity index (χ1n) is 12.1. The molecule has 0 unspecified atom stereocenters. The zero-order chi connectivity index (χ0) is 27.4. The first-order chi connectivity index (χ1) is 18.9. The van der Waals surface area contributed by atoms with Crippen LogP contribution in [0.5, 0.6) is 5.75 Å². The van der Waals surface area contributed by atoms with E-state index in [1.807, 2.05) is 11.0 Å². The minimum atomic E-state index is -0.547. The highest BCUT2D eigenvalue weighted by molar-refractivity contribution is 7.11. The van der Waals surface area contributed by atoms with Gasteiger partial charge in [0.2, 0.25) is 0 Å². The molecule has 2 aromatic carbocycles. The summed E-state index contributed by atoms with van der Waals surface area (Å²) in [5, 5.41) is 22.8. The van der Waals surface area contributed by atoms with Gasteiger partial charge in [0.05, 0.1) is 13.2 Å². The number of aromatic nitrogens is 2. The van der Waals surface area contributed by atoms with Crippen LogP contribution in [0.15, 0.2) is 75.2 Å². The van der Waals surface area contributed by atoms with Crippen LogP contribution in [0.25, 0.3) is 27.9 Å². The van der Waals surface area contributed by atoms with Gasteiger partial charge in [-0.1, -0.05) is 17.7 Å². The Morgan fingerprint density at radius 1 is 1.13 bits per heavy atom. The third-order valence-corrected chi connectivity index (χ3v) is 7.08. The smallest absolute Gasteiger partial charge is 0.336 e. The van der Waals surface area contributed by atoms with E-state index in [9.17, 15) is 19.8 Å². The number of rotatable bonds is 11. The van der Waals surface area contributed by atoms with Crippen molar-refractivity contribution in [1.82, 2.24) is 14.9 Å². The normalized spacial score (nSPS) is 12.1. The maximum Gasteiger partial charge on any atom is 0.336 e. The fourth-order valence-corrected chi connectivity index (χ4v) is 5.04. The molecule has 0 saturated heterocycles. The number of carbonyl (C=O) groups is 1. The zero-order valence-electron chi connectivity index (χ0n) is 20.6. The Labute approximate surface area is 231 Å². The monoisotopic (exact) mass is 565 g/mol. The number of thiazole rings is 1. The molecule has 0 atom stereocenters. The molecule has 0 fully saturated rings. The Morgan fingerprint density at radius 3 is 2.67 bits per heavy atom. The number of aromatic amines is 1. The molecule has 5 aromatic rings. The van der Waals surface area contributed by atoms with E-state index in [4.69, 9.17) is 20.8 Å². The molecule has 3 heterocycles. The van der Waals surface area contributed by atoms with Crippen molar-refractivity contribution in [2.75, 3.05) is 26.3 Å². The summed E-state index contributed by atoms with van der Waals surface area (Å²) in [5.74, 6) is -0.0626. The molecule has 0 aliphatic heterocycles. The number of nitrogens with one attached hydrogen (secondary N) is 1. The topological polar surface area (TPSA) is 129 Å². The Kier molecular flexibility index (Phi) is 8.20. The largest absolute Gasteiger partial charge is 0.453 e. The van der Waals surface area contributed by atoms with Crippen LogP contribution in [0.3, 0.4) is 0 Å². The van der Waals surface area contributed by atoms with Crippen LogP contribution in [0.4, 0.5) is 0 Å². The van der Waals surface area contributed by atoms with E-state index in [-0.39, 0.29) is 29.6 Å². The van der Waals surface area contributed by atoms with Crippen LogP contribution in [0.1, 0.15) is 20.9 Å². The number of fused-ring (bicyclic) bond motifs is 2. The van der Waals surface area contributed by atoms with E-state index in [0.29, 0.717) is 41.4 Å². The molecule has 3 N–H and O–H groups in total. The summed E-state index contributed by atoms with van der Waals surface area (Å²) in [7, 11) is 0. The maximum absolute atomic E-state index is 13.3. The summed E-state index contributed by atoms with van der Waals surface area (Å²) >= 11 is 7.31. The molecule has 9 nitrogen and oxygen atoms in total. The predicted octanol–water partition coefficient (Wildman–Crippen LogP) is 4.47. The number of H-pyrrole nitrogens is 1. The molecule has 0 radical (unpaired) electrons. The Bertz CT molecular complexity index is 1700. The van der Waals surface area contributed by atoms with Gasteiger partial charge < -0.3 is 24.4 Å². The quantitative estimate of drug-likeness (QED) is 0.0925. The van der Waals surface area contributed by atoms with Crippen molar-refractivity contribution < 1.29 is 24.2 Å². The van der Waals surface area contributed by atoms with E-state index in [1.54, 1.807) is 54.2 Å². The maximum atomic E-state index is 13.3. The molecular weight excluding hydrogens is 542 g/mol. The zero-order valence-corrected chi connectivity index (χ0v) is 22.2. The number of carbonyl (C=O) groups excluding carboxylic acids is 1. The number of ketones is 1. The number of benzene rings is 2. The van der Waals surface area contributed by atoms with Crippen molar-refractivity contribution in [2.24, 2.45) is 0 Å². The number of hydrogen-bond acceptors (Lipinski definition) is 9. The molecule has 200 valence electrons. The average Bonchev–Trinajstić information content (AvgIpc) is 3.58. The first kappa shape index (κ1) is 26.8. The van der Waals surface area contributed by atoms with Crippen LogP contribution in [-0.4, -0.2) is 57.2 Å². The van der Waals surface area contributed by atoms with Gasteiger partial charge in [-0.3, -0.25) is 9.69 Å². The number of hydrogen-bond donors (Lipinski definition) is 3. The molecule has 0 saturated carbocycles. The second-order valence-corrected chi connectivity index (χ2v) is 10.0. The van der Waals surface area contributed by atoms with Crippen molar-refractivity contribution in [3.63, 3.8) is 0 Å². The first-order valence-corrected chi connectivity index (χ1v) is 13.3. The Morgan fingerprint density at radius 2 is 1.92 bits per heavy atom. The van der Waals surface area contributed by atoms with E-state index < -0.39 is 11.4 Å². The minimum Gasteiger partial charge on any atom is -0.453 e. The van der Waals surface area contributed by atoms with E-state index in [1.165, 1.54) is 17.4 Å². The van der Waals surface area contributed by atoms with Crippen LogP contribution < -0.4 is 10.4 Å². The fourth-order valence-electron chi connectivity index (χ4n) is 4.29. The lowest BCUT2D eigenvalue weighted by Crippen LogP contribution is -2.29. The molecule has 39 heavy (non-hydrogen) atoms. The van der Waals surface area contributed by atoms with Gasteiger partial charge in [-0.15, -0.1) is 11.3 Å². The molecule has 3 aromatic heterocycles. The minimum absolute atomic E-state index is 0.0377. The molecule has 5 rings (SSSR count). The molecule has 0 bridgehead atoms. The van der Waals surface area contributed by atoms with Crippen molar-refractivity contribution in [3.8, 4) is 5.75 Å². The number of halogens is 1. The van der Waals surface area contributed by atoms with Crippen molar-refractivity contribution in [2.45, 2.75) is 6.54 Å². The lowest BCUT2D eigenvalue weighted by molar-refractivity contribution is 0.0988. The van der Waals surface area contributed by atoms with Crippen LogP contribution >= 0.6 is 22.9 Å². The summed E-state index contributed by atoms with van der Waals surface area (Å²) in [5.41, 5.74) is 1.96. The highest BCUT2D eigenvalue weighted by Crippen LogP contribution is 2.29. The number of nitrogens with zero attached hydrogens (tertiary/aromatic N) is 2. The number of Topliss-reactive ketones (excluding diaryl/α,β-unsaturated/α-hetero) is 1. The lowest BCUT2D eigenvalue weighted by atomic mass is 10.1. The number of ether oxygens (including phenoxy) is 1. The van der Waals surface area contributed by atoms with Gasteiger partial charge in [0.25, 0.3) is 5.78 Å². The summed E-state index contributed by atoms with van der Waals surface area (Å²) in [6.07, 6.45) is 4.94. The van der Waals surface area contributed by atoms with Gasteiger partial charge in [0.1, 0.15) is 11.3 Å². The van der Waals surface area contributed by atoms with Crippen LogP contribution in [0.2, 0.25) is 5.02 Å². The van der Waals surface area contributed by atoms with Crippen molar-refractivity contribution >= 4 is 56.7 Å². The van der Waals surface area contributed by atoms with E-state index in [2.05, 4.69) is 9.97 Å². The standard InChI is InChI=1S/C28H24ClN3O6S/c29-19-1-3-21-17(15-31-23(21)13-19)11-25(27(36)28-30-5-10-39-28)37-20-2-4-22-18(12-26(35)38-24(22)14-20)16-32(6-8-33)7-9-34/h1-5,10-15,31,33-34H,6-9,16H2/b25-11-. The molecule has 0 aliphatic carbocycles.